The zero-order valence-corrected chi connectivity index (χ0v) is 19.0. The van der Waals surface area contributed by atoms with E-state index in [1.807, 2.05) is 0 Å². The lowest BCUT2D eigenvalue weighted by Gasteiger charge is -2.58. The summed E-state index contributed by atoms with van der Waals surface area (Å²) in [7, 11) is 0. The van der Waals surface area contributed by atoms with Crippen molar-refractivity contribution in [1.82, 2.24) is 0 Å². The fourth-order valence-corrected chi connectivity index (χ4v) is 9.17. The maximum Gasteiger partial charge on any atom is 0.195 e. The van der Waals surface area contributed by atoms with E-state index in [2.05, 4.69) is 26.8 Å². The van der Waals surface area contributed by atoms with Crippen molar-refractivity contribution in [3.05, 3.63) is 11.6 Å². The minimum absolute atomic E-state index is 0.140. The van der Waals surface area contributed by atoms with Crippen LogP contribution in [0.4, 0.5) is 0 Å². The lowest BCUT2D eigenvalue weighted by molar-refractivity contribution is -0.286. The first-order valence-corrected chi connectivity index (χ1v) is 12.6. The molecule has 2 heterocycles. The summed E-state index contributed by atoms with van der Waals surface area (Å²) in [5.74, 6) is 2.07. The van der Waals surface area contributed by atoms with E-state index in [-0.39, 0.29) is 29.0 Å². The van der Waals surface area contributed by atoms with Gasteiger partial charge in [0.2, 0.25) is 0 Å². The number of rotatable bonds is 0. The summed E-state index contributed by atoms with van der Waals surface area (Å²) in [6.45, 7) is 7.88. The molecule has 0 aromatic carbocycles. The highest BCUT2D eigenvalue weighted by molar-refractivity contribution is 5.26. The van der Waals surface area contributed by atoms with Crippen LogP contribution in [0.1, 0.15) is 78.6 Å². The molecular formula is C26H40O4. The topological polar surface area (TPSA) is 58.9 Å². The van der Waals surface area contributed by atoms with Crippen LogP contribution in [0, 0.1) is 40.4 Å². The number of ether oxygens (including phenoxy) is 2. The van der Waals surface area contributed by atoms with E-state index in [1.54, 1.807) is 0 Å². The van der Waals surface area contributed by atoms with Crippen LogP contribution in [-0.2, 0) is 9.47 Å². The molecule has 1 spiro atoms. The number of hydrogen-bond acceptors (Lipinski definition) is 4. The lowest BCUT2D eigenvalue weighted by atomic mass is 9.47. The van der Waals surface area contributed by atoms with Crippen molar-refractivity contribution in [2.24, 2.45) is 40.4 Å². The first-order chi connectivity index (χ1) is 14.3. The van der Waals surface area contributed by atoms with Crippen LogP contribution in [0.5, 0.6) is 0 Å². The lowest BCUT2D eigenvalue weighted by Crippen LogP contribution is -2.54. The number of aliphatic hydroxyl groups is 2. The summed E-state index contributed by atoms with van der Waals surface area (Å²) in [5.41, 5.74) is 1.95. The van der Waals surface area contributed by atoms with E-state index in [0.29, 0.717) is 24.4 Å². The van der Waals surface area contributed by atoms with Gasteiger partial charge in [-0.25, -0.2) is 0 Å². The summed E-state index contributed by atoms with van der Waals surface area (Å²) in [5, 5.41) is 21.8. The van der Waals surface area contributed by atoms with Gasteiger partial charge in [-0.15, -0.1) is 0 Å². The third-order valence-electron chi connectivity index (χ3n) is 10.9. The van der Waals surface area contributed by atoms with Crippen molar-refractivity contribution in [1.29, 1.82) is 0 Å². The second kappa shape index (κ2) is 6.56. The molecule has 4 heteroatoms. The Hall–Kier alpha value is -0.420. The largest absolute Gasteiger partial charge is 0.393 e. The molecule has 2 saturated heterocycles. The molecule has 2 aliphatic heterocycles. The van der Waals surface area contributed by atoms with Gasteiger partial charge in [0, 0.05) is 12.3 Å². The maximum absolute atomic E-state index is 11.5. The monoisotopic (exact) mass is 416 g/mol. The molecule has 11 atom stereocenters. The SMILES string of the molecule is C[C@@H]1CC[C@@]2(OC1)OC1C[C@H]3[C@@H]4CC=C5C[C@@H](O)CC[C@]5(C)[C@H]4CC[C@]3(C)C1[C@@H]2O. The maximum atomic E-state index is 11.5. The van der Waals surface area contributed by atoms with Gasteiger partial charge in [-0.3, -0.25) is 0 Å². The second-order valence-electron chi connectivity index (χ2n) is 12.3. The minimum atomic E-state index is -0.738. The molecule has 4 nitrogen and oxygen atoms in total. The molecule has 5 fully saturated rings. The van der Waals surface area contributed by atoms with Crippen molar-refractivity contribution >= 4 is 0 Å². The van der Waals surface area contributed by atoms with E-state index < -0.39 is 11.9 Å². The molecule has 0 aromatic heterocycles. The molecule has 30 heavy (non-hydrogen) atoms. The molecule has 2 unspecified atom stereocenters. The number of aliphatic hydroxyl groups excluding tert-OH is 2. The van der Waals surface area contributed by atoms with E-state index in [0.717, 1.165) is 50.9 Å². The Labute approximate surface area is 181 Å². The van der Waals surface area contributed by atoms with Crippen LogP contribution in [-0.4, -0.2) is 40.9 Å². The second-order valence-corrected chi connectivity index (χ2v) is 12.3. The van der Waals surface area contributed by atoms with Crippen molar-refractivity contribution in [2.45, 2.75) is 103 Å². The molecule has 3 saturated carbocycles. The smallest absolute Gasteiger partial charge is 0.195 e. The Kier molecular flexibility index (Phi) is 4.42. The molecule has 0 radical (unpaired) electrons. The normalized spacial score (nSPS) is 59.8. The Morgan fingerprint density at radius 3 is 2.63 bits per heavy atom. The van der Waals surface area contributed by atoms with E-state index in [4.69, 9.17) is 9.47 Å². The van der Waals surface area contributed by atoms with Crippen LogP contribution in [0.2, 0.25) is 0 Å². The average Bonchev–Trinajstić information content (AvgIpc) is 3.16. The van der Waals surface area contributed by atoms with Crippen molar-refractivity contribution < 1.29 is 19.7 Å². The first kappa shape index (κ1) is 20.2. The quantitative estimate of drug-likeness (QED) is 0.573. The summed E-state index contributed by atoms with van der Waals surface area (Å²) in [6.07, 6.45) is 11.6. The third-order valence-corrected chi connectivity index (χ3v) is 10.9. The van der Waals surface area contributed by atoms with E-state index >= 15 is 0 Å². The van der Waals surface area contributed by atoms with Gasteiger partial charge in [-0.2, -0.15) is 0 Å². The fraction of sp³-hybridized carbons (Fsp3) is 0.923. The predicted octanol–water partition coefficient (Wildman–Crippen LogP) is 4.44. The van der Waals surface area contributed by atoms with Crippen LogP contribution in [0.25, 0.3) is 0 Å². The van der Waals surface area contributed by atoms with Gasteiger partial charge in [-0.05, 0) is 85.9 Å². The minimum Gasteiger partial charge on any atom is -0.393 e. The molecule has 0 aromatic rings. The first-order valence-electron chi connectivity index (χ1n) is 12.6. The van der Waals surface area contributed by atoms with Crippen LogP contribution >= 0.6 is 0 Å². The van der Waals surface area contributed by atoms with Gasteiger partial charge < -0.3 is 19.7 Å². The summed E-state index contributed by atoms with van der Waals surface area (Å²) in [4.78, 5) is 0. The standard InChI is InChI=1S/C26H40O4/c1-15-6-11-26(29-14-15)23(28)22-21(30-26)13-20-18-5-4-16-12-17(27)7-9-24(16,2)19(18)8-10-25(20,22)3/h4,15,17-23,27-28H,5-14H2,1-3H3/t15-,17+,18-,19+,20+,21?,22?,23+,24+,25+,26-/m1/s1. The fourth-order valence-electron chi connectivity index (χ4n) is 9.17. The Balaban J connectivity index is 1.28. The van der Waals surface area contributed by atoms with Gasteiger partial charge in [0.1, 0.15) is 6.10 Å². The number of hydrogen-bond donors (Lipinski definition) is 2. The molecular weight excluding hydrogens is 376 g/mol. The highest BCUT2D eigenvalue weighted by Gasteiger charge is 2.69. The zero-order chi connectivity index (χ0) is 20.9. The van der Waals surface area contributed by atoms with Crippen molar-refractivity contribution in [3.8, 4) is 0 Å². The molecule has 168 valence electrons. The predicted molar refractivity (Wildman–Crippen MR) is 115 cm³/mol. The van der Waals surface area contributed by atoms with Gasteiger partial charge >= 0.3 is 0 Å². The highest BCUT2D eigenvalue weighted by Crippen LogP contribution is 2.69. The third kappa shape index (κ3) is 2.54. The van der Waals surface area contributed by atoms with Crippen LogP contribution < -0.4 is 0 Å². The molecule has 4 aliphatic carbocycles. The summed E-state index contributed by atoms with van der Waals surface area (Å²) in [6, 6.07) is 0. The average molecular weight is 417 g/mol. The van der Waals surface area contributed by atoms with Crippen LogP contribution in [0.15, 0.2) is 11.6 Å². The van der Waals surface area contributed by atoms with Crippen molar-refractivity contribution in [2.75, 3.05) is 6.61 Å². The Bertz CT molecular complexity index is 739. The summed E-state index contributed by atoms with van der Waals surface area (Å²) < 4.78 is 12.8. The molecule has 6 aliphatic rings. The Morgan fingerprint density at radius 2 is 1.87 bits per heavy atom. The van der Waals surface area contributed by atoms with Gasteiger partial charge in [0.25, 0.3) is 0 Å². The van der Waals surface area contributed by atoms with Crippen molar-refractivity contribution in [3.63, 3.8) is 0 Å². The molecule has 0 amide bonds. The highest BCUT2D eigenvalue weighted by atomic mass is 16.7. The zero-order valence-electron chi connectivity index (χ0n) is 19.0. The number of allylic oxidation sites excluding steroid dienone is 1. The molecule has 2 N–H and O–H groups in total. The van der Waals surface area contributed by atoms with Gasteiger partial charge in [0.15, 0.2) is 5.79 Å². The molecule has 6 rings (SSSR count). The van der Waals surface area contributed by atoms with Crippen LogP contribution in [0.3, 0.4) is 0 Å². The molecule has 0 bridgehead atoms. The number of fused-ring (bicyclic) bond motifs is 7. The van der Waals surface area contributed by atoms with E-state index in [9.17, 15) is 10.2 Å². The summed E-state index contributed by atoms with van der Waals surface area (Å²) >= 11 is 0. The van der Waals surface area contributed by atoms with Gasteiger partial charge in [0.05, 0.1) is 18.8 Å². The Morgan fingerprint density at radius 1 is 1.03 bits per heavy atom. The van der Waals surface area contributed by atoms with E-state index in [1.165, 1.54) is 18.4 Å². The van der Waals surface area contributed by atoms with Gasteiger partial charge in [-0.1, -0.05) is 32.4 Å².